The van der Waals surface area contributed by atoms with Gasteiger partial charge in [0.15, 0.2) is 23.0 Å². The molecule has 0 aliphatic carbocycles. The third-order valence-electron chi connectivity index (χ3n) is 3.97. The number of benzene rings is 2. The van der Waals surface area contributed by atoms with Crippen LogP contribution in [0.25, 0.3) is 0 Å². The number of aliphatic hydroxyl groups excluding tert-OH is 1. The Balaban J connectivity index is 2.03. The Morgan fingerprint density at radius 1 is 1.09 bits per heavy atom. The van der Waals surface area contributed by atoms with Crippen molar-refractivity contribution in [2.75, 3.05) is 20.8 Å². The van der Waals surface area contributed by atoms with Gasteiger partial charge in [0.2, 0.25) is 0 Å². The van der Waals surface area contributed by atoms with Crippen LogP contribution in [0, 0.1) is 0 Å². The van der Waals surface area contributed by atoms with Crippen LogP contribution in [0.4, 0.5) is 0 Å². The molecule has 0 bridgehead atoms. The number of ether oxygens (including phenoxy) is 3. The Kier molecular flexibility index (Phi) is 3.81. The van der Waals surface area contributed by atoms with Crippen molar-refractivity contribution in [3.63, 3.8) is 0 Å². The van der Waals surface area contributed by atoms with Crippen molar-refractivity contribution in [2.45, 2.75) is 12.0 Å². The van der Waals surface area contributed by atoms with E-state index in [-0.39, 0.29) is 24.4 Å². The number of methoxy groups -OCH3 is 2. The molecule has 0 radical (unpaired) electrons. The van der Waals surface area contributed by atoms with Gasteiger partial charge in [-0.3, -0.25) is 0 Å². The van der Waals surface area contributed by atoms with Crippen LogP contribution in [0.15, 0.2) is 36.4 Å². The minimum Gasteiger partial charge on any atom is -0.504 e. The van der Waals surface area contributed by atoms with E-state index < -0.39 is 0 Å². The van der Waals surface area contributed by atoms with Crippen molar-refractivity contribution in [3.05, 3.63) is 47.5 Å². The van der Waals surface area contributed by atoms with E-state index in [0.717, 1.165) is 11.1 Å². The lowest BCUT2D eigenvalue weighted by atomic mass is 9.91. The van der Waals surface area contributed by atoms with E-state index in [0.29, 0.717) is 17.2 Å². The maximum atomic E-state index is 9.79. The molecule has 5 nitrogen and oxygen atoms in total. The number of rotatable bonds is 4. The molecule has 5 heteroatoms. The second kappa shape index (κ2) is 5.77. The summed E-state index contributed by atoms with van der Waals surface area (Å²) < 4.78 is 16.5. The Hall–Kier alpha value is -2.40. The lowest BCUT2D eigenvalue weighted by Crippen LogP contribution is -2.13. The molecule has 0 spiro atoms. The summed E-state index contributed by atoms with van der Waals surface area (Å²) >= 11 is 0. The Morgan fingerprint density at radius 3 is 2.55 bits per heavy atom. The number of para-hydroxylation sites is 1. The highest BCUT2D eigenvalue weighted by Crippen LogP contribution is 2.50. The van der Waals surface area contributed by atoms with Crippen LogP contribution in [0.3, 0.4) is 0 Å². The first-order chi connectivity index (χ1) is 10.7. The van der Waals surface area contributed by atoms with Crippen molar-refractivity contribution in [2.24, 2.45) is 0 Å². The maximum absolute atomic E-state index is 9.79. The van der Waals surface area contributed by atoms with E-state index in [1.165, 1.54) is 7.11 Å². The third-order valence-corrected chi connectivity index (χ3v) is 3.97. The molecule has 0 amide bonds. The molecule has 2 aromatic rings. The average molecular weight is 302 g/mol. The topological polar surface area (TPSA) is 68.2 Å². The summed E-state index contributed by atoms with van der Waals surface area (Å²) in [5.74, 6) is 1.55. The maximum Gasteiger partial charge on any atom is 0.165 e. The number of hydrogen-bond donors (Lipinski definition) is 2. The summed E-state index contributed by atoms with van der Waals surface area (Å²) in [6, 6.07) is 10.7. The van der Waals surface area contributed by atoms with Gasteiger partial charge in [-0.2, -0.15) is 0 Å². The van der Waals surface area contributed by atoms with Crippen LogP contribution >= 0.6 is 0 Å². The Labute approximate surface area is 128 Å². The van der Waals surface area contributed by atoms with E-state index in [1.807, 2.05) is 18.2 Å². The van der Waals surface area contributed by atoms with Gasteiger partial charge < -0.3 is 24.4 Å². The average Bonchev–Trinajstić information content (AvgIpc) is 2.93. The number of phenols is 1. The van der Waals surface area contributed by atoms with E-state index in [9.17, 15) is 10.2 Å². The van der Waals surface area contributed by atoms with Gasteiger partial charge in [0.25, 0.3) is 0 Å². The van der Waals surface area contributed by atoms with Gasteiger partial charge in [0, 0.05) is 5.56 Å². The van der Waals surface area contributed by atoms with Crippen LogP contribution < -0.4 is 14.2 Å². The molecule has 0 saturated carbocycles. The first kappa shape index (κ1) is 14.5. The molecule has 0 fully saturated rings. The van der Waals surface area contributed by atoms with Gasteiger partial charge in [-0.05, 0) is 23.8 Å². The minimum absolute atomic E-state index is 0.0476. The lowest BCUT2D eigenvalue weighted by Gasteiger charge is -2.18. The molecule has 116 valence electrons. The third kappa shape index (κ3) is 2.23. The molecule has 0 unspecified atom stereocenters. The van der Waals surface area contributed by atoms with Crippen LogP contribution in [0.1, 0.15) is 23.1 Å². The van der Waals surface area contributed by atoms with E-state index in [4.69, 9.17) is 14.2 Å². The van der Waals surface area contributed by atoms with E-state index in [2.05, 4.69) is 0 Å². The zero-order valence-corrected chi connectivity index (χ0v) is 12.4. The van der Waals surface area contributed by atoms with Gasteiger partial charge in [-0.1, -0.05) is 18.2 Å². The second-order valence-corrected chi connectivity index (χ2v) is 5.14. The summed E-state index contributed by atoms with van der Waals surface area (Å²) in [5, 5.41) is 19.5. The first-order valence-electron chi connectivity index (χ1n) is 7.01. The normalized spacial score (nSPS) is 19.4. The number of fused-ring (bicyclic) bond motifs is 1. The smallest absolute Gasteiger partial charge is 0.165 e. The van der Waals surface area contributed by atoms with Gasteiger partial charge in [0.1, 0.15) is 6.10 Å². The van der Waals surface area contributed by atoms with Crippen molar-refractivity contribution in [1.82, 2.24) is 0 Å². The van der Waals surface area contributed by atoms with Gasteiger partial charge in [-0.15, -0.1) is 0 Å². The molecule has 0 saturated heterocycles. The van der Waals surface area contributed by atoms with Crippen LogP contribution in [0.5, 0.6) is 23.0 Å². The zero-order valence-electron chi connectivity index (χ0n) is 12.4. The number of aromatic hydroxyl groups is 1. The summed E-state index contributed by atoms with van der Waals surface area (Å²) in [6.45, 7) is -0.0476. The highest BCUT2D eigenvalue weighted by atomic mass is 16.5. The van der Waals surface area contributed by atoms with Gasteiger partial charge in [-0.25, -0.2) is 0 Å². The monoisotopic (exact) mass is 302 g/mol. The van der Waals surface area contributed by atoms with E-state index >= 15 is 0 Å². The van der Waals surface area contributed by atoms with Crippen molar-refractivity contribution in [1.29, 1.82) is 0 Å². The molecule has 2 N–H and O–H groups in total. The molecular weight excluding hydrogens is 284 g/mol. The molecule has 2 aromatic carbocycles. The highest BCUT2D eigenvalue weighted by Gasteiger charge is 2.37. The summed E-state index contributed by atoms with van der Waals surface area (Å²) in [6.07, 6.45) is -0.356. The fraction of sp³-hybridized carbons (Fsp3) is 0.294. The fourth-order valence-electron chi connectivity index (χ4n) is 2.85. The molecular formula is C17H18O5. The van der Waals surface area contributed by atoms with Crippen molar-refractivity contribution in [3.8, 4) is 23.0 Å². The van der Waals surface area contributed by atoms with Crippen molar-refractivity contribution < 1.29 is 24.4 Å². The van der Waals surface area contributed by atoms with Crippen LogP contribution in [-0.2, 0) is 0 Å². The highest BCUT2D eigenvalue weighted by molar-refractivity contribution is 5.53. The zero-order chi connectivity index (χ0) is 15.7. The fourth-order valence-corrected chi connectivity index (χ4v) is 2.85. The minimum atomic E-state index is -0.356. The predicted octanol–water partition coefficient (Wildman–Crippen LogP) is 2.62. The molecule has 0 aromatic heterocycles. The molecule has 2 atom stereocenters. The van der Waals surface area contributed by atoms with Crippen LogP contribution in [0.2, 0.25) is 0 Å². The number of hydrogen-bond acceptors (Lipinski definition) is 5. The first-order valence-corrected chi connectivity index (χ1v) is 7.01. The Morgan fingerprint density at radius 2 is 1.86 bits per heavy atom. The van der Waals surface area contributed by atoms with E-state index in [1.54, 1.807) is 25.3 Å². The molecule has 3 rings (SSSR count). The summed E-state index contributed by atoms with van der Waals surface area (Å²) in [4.78, 5) is 0. The standard InChI is InChI=1S/C17H18O5/c1-20-14-5-3-4-11-12(9-18)16(22-17(11)14)10-6-7-13(19)15(8-10)21-2/h3-8,12,16,18-19H,9H2,1-2H3/t12-,16+/m1/s1. The summed E-state index contributed by atoms with van der Waals surface area (Å²) in [5.41, 5.74) is 1.74. The quantitative estimate of drug-likeness (QED) is 0.908. The van der Waals surface area contributed by atoms with Gasteiger partial charge in [0.05, 0.1) is 26.7 Å². The van der Waals surface area contributed by atoms with Crippen molar-refractivity contribution >= 4 is 0 Å². The molecule has 1 aliphatic heterocycles. The molecule has 1 aliphatic rings. The molecule has 22 heavy (non-hydrogen) atoms. The van der Waals surface area contributed by atoms with Gasteiger partial charge >= 0.3 is 0 Å². The summed E-state index contributed by atoms with van der Waals surface area (Å²) in [7, 11) is 3.08. The largest absolute Gasteiger partial charge is 0.504 e. The Bertz CT molecular complexity index is 683. The lowest BCUT2D eigenvalue weighted by molar-refractivity contribution is 0.157. The number of phenolic OH excluding ortho intramolecular Hbond substituents is 1. The predicted molar refractivity (Wildman–Crippen MR) is 80.8 cm³/mol. The van der Waals surface area contributed by atoms with Crippen LogP contribution in [-0.4, -0.2) is 31.0 Å². The SMILES string of the molecule is COc1cc([C@@H]2Oc3c(OC)cccc3[C@H]2CO)ccc1O. The molecule has 1 heterocycles. The second-order valence-electron chi connectivity index (χ2n) is 5.14. The number of aliphatic hydroxyl groups is 1.